The lowest BCUT2D eigenvalue weighted by Gasteiger charge is -2.06. The number of unbranched alkanes of at least 4 members (excludes halogenated alkanes) is 13. The van der Waals surface area contributed by atoms with E-state index in [1.807, 2.05) is 0 Å². The molecule has 150 valence electrons. The van der Waals surface area contributed by atoms with Gasteiger partial charge in [-0.05, 0) is 18.8 Å². The predicted molar refractivity (Wildman–Crippen MR) is 110 cm³/mol. The number of esters is 1. The number of hydrogen-bond acceptors (Lipinski definition) is 2. The van der Waals surface area contributed by atoms with Gasteiger partial charge >= 0.3 is 5.97 Å². The van der Waals surface area contributed by atoms with Crippen LogP contribution in [0.25, 0.3) is 0 Å². The molecule has 0 aromatic heterocycles. The second-order valence-corrected chi connectivity index (χ2v) is 8.10. The number of hydrogen-bond donors (Lipinski definition) is 0. The highest BCUT2D eigenvalue weighted by molar-refractivity contribution is 5.69. The molecule has 0 bridgehead atoms. The van der Waals surface area contributed by atoms with E-state index in [0.29, 0.717) is 13.0 Å². The normalized spacial score (nSPS) is 11.2. The van der Waals surface area contributed by atoms with Crippen molar-refractivity contribution in [2.24, 2.45) is 5.92 Å². The summed E-state index contributed by atoms with van der Waals surface area (Å²) >= 11 is 0. The zero-order valence-electron chi connectivity index (χ0n) is 17.6. The minimum Gasteiger partial charge on any atom is -0.466 e. The van der Waals surface area contributed by atoms with Gasteiger partial charge < -0.3 is 4.74 Å². The predicted octanol–water partition coefficient (Wildman–Crippen LogP) is 7.84. The first kappa shape index (κ1) is 24.5. The van der Waals surface area contributed by atoms with E-state index >= 15 is 0 Å². The van der Waals surface area contributed by atoms with Crippen molar-refractivity contribution in [2.45, 2.75) is 130 Å². The van der Waals surface area contributed by atoms with E-state index in [9.17, 15) is 4.79 Å². The van der Waals surface area contributed by atoms with E-state index in [1.54, 1.807) is 0 Å². The van der Waals surface area contributed by atoms with Gasteiger partial charge in [-0.25, -0.2) is 0 Å². The number of rotatable bonds is 19. The van der Waals surface area contributed by atoms with Gasteiger partial charge in [0.15, 0.2) is 0 Å². The van der Waals surface area contributed by atoms with Crippen LogP contribution in [-0.4, -0.2) is 12.6 Å². The van der Waals surface area contributed by atoms with Gasteiger partial charge in [0.2, 0.25) is 0 Å². The Morgan fingerprint density at radius 2 is 1.16 bits per heavy atom. The van der Waals surface area contributed by atoms with Gasteiger partial charge in [0.1, 0.15) is 0 Å². The first-order valence-electron chi connectivity index (χ1n) is 11.3. The Bertz CT molecular complexity index is 273. The van der Waals surface area contributed by atoms with Crippen LogP contribution < -0.4 is 0 Å². The topological polar surface area (TPSA) is 26.3 Å². The van der Waals surface area contributed by atoms with Crippen molar-refractivity contribution in [1.29, 1.82) is 0 Å². The maximum absolute atomic E-state index is 11.6. The maximum Gasteiger partial charge on any atom is 0.305 e. The summed E-state index contributed by atoms with van der Waals surface area (Å²) < 4.78 is 5.32. The molecule has 0 radical (unpaired) electrons. The highest BCUT2D eigenvalue weighted by Crippen LogP contribution is 2.13. The Hall–Kier alpha value is -0.530. The van der Waals surface area contributed by atoms with E-state index < -0.39 is 0 Å². The summed E-state index contributed by atoms with van der Waals surface area (Å²) in [6, 6.07) is 0. The van der Waals surface area contributed by atoms with Gasteiger partial charge in [-0.3, -0.25) is 4.79 Å². The van der Waals surface area contributed by atoms with E-state index in [4.69, 9.17) is 4.74 Å². The van der Waals surface area contributed by atoms with Gasteiger partial charge in [-0.15, -0.1) is 0 Å². The molecule has 0 heterocycles. The lowest BCUT2D eigenvalue weighted by molar-refractivity contribution is -0.143. The Morgan fingerprint density at radius 3 is 1.72 bits per heavy atom. The second-order valence-electron chi connectivity index (χ2n) is 8.10. The SMILES string of the molecule is CCCCCCCCC(=O)OCCCCCCCCCCCC(C)C. The zero-order chi connectivity index (χ0) is 18.6. The van der Waals surface area contributed by atoms with Crippen LogP contribution in [0.3, 0.4) is 0 Å². The number of ether oxygens (including phenoxy) is 1. The molecule has 0 aromatic rings. The third-order valence-electron chi connectivity index (χ3n) is 4.92. The van der Waals surface area contributed by atoms with Crippen molar-refractivity contribution >= 4 is 5.97 Å². The van der Waals surface area contributed by atoms with Crippen molar-refractivity contribution in [3.63, 3.8) is 0 Å². The summed E-state index contributed by atoms with van der Waals surface area (Å²) in [6.07, 6.45) is 21.2. The smallest absolute Gasteiger partial charge is 0.305 e. The molecule has 0 unspecified atom stereocenters. The Kier molecular flexibility index (Phi) is 19.4. The molecule has 0 fully saturated rings. The van der Waals surface area contributed by atoms with Gasteiger partial charge in [-0.1, -0.05) is 111 Å². The summed E-state index contributed by atoms with van der Waals surface area (Å²) in [5.41, 5.74) is 0. The van der Waals surface area contributed by atoms with Crippen molar-refractivity contribution in [2.75, 3.05) is 6.61 Å². The molecule has 2 heteroatoms. The first-order chi connectivity index (χ1) is 12.2. The lowest BCUT2D eigenvalue weighted by atomic mass is 10.0. The first-order valence-corrected chi connectivity index (χ1v) is 11.3. The number of carbonyl (C=O) groups excluding carboxylic acids is 1. The summed E-state index contributed by atoms with van der Waals surface area (Å²) in [5.74, 6) is 0.872. The van der Waals surface area contributed by atoms with Crippen LogP contribution in [0, 0.1) is 5.92 Å². The minimum atomic E-state index is 0.0110. The van der Waals surface area contributed by atoms with Crippen LogP contribution >= 0.6 is 0 Å². The fraction of sp³-hybridized carbons (Fsp3) is 0.957. The van der Waals surface area contributed by atoms with Crippen LogP contribution in [0.4, 0.5) is 0 Å². The molecule has 2 nitrogen and oxygen atoms in total. The van der Waals surface area contributed by atoms with Crippen LogP contribution in [0.15, 0.2) is 0 Å². The van der Waals surface area contributed by atoms with Crippen LogP contribution in [0.5, 0.6) is 0 Å². The summed E-state index contributed by atoms with van der Waals surface area (Å²) in [4.78, 5) is 11.6. The maximum atomic E-state index is 11.6. The lowest BCUT2D eigenvalue weighted by Crippen LogP contribution is -2.05. The molecule has 0 rings (SSSR count). The Balaban J connectivity index is 3.13. The fourth-order valence-corrected chi connectivity index (χ4v) is 3.20. The molecule has 0 saturated heterocycles. The molecule has 25 heavy (non-hydrogen) atoms. The van der Waals surface area contributed by atoms with Gasteiger partial charge in [0.05, 0.1) is 6.61 Å². The standard InChI is InChI=1S/C23H46O2/c1-4-5-6-7-14-17-20-23(24)25-21-18-15-12-10-8-9-11-13-16-19-22(2)3/h22H,4-21H2,1-3H3. The average molecular weight is 355 g/mol. The molecule has 0 amide bonds. The molecule has 0 aliphatic heterocycles. The summed E-state index contributed by atoms with van der Waals surface area (Å²) in [6.45, 7) is 7.48. The van der Waals surface area contributed by atoms with Crippen LogP contribution in [0.2, 0.25) is 0 Å². The van der Waals surface area contributed by atoms with Crippen molar-refractivity contribution in [3.8, 4) is 0 Å². The molecule has 0 aliphatic carbocycles. The van der Waals surface area contributed by atoms with Gasteiger partial charge in [0.25, 0.3) is 0 Å². The zero-order valence-corrected chi connectivity index (χ0v) is 17.6. The monoisotopic (exact) mass is 354 g/mol. The van der Waals surface area contributed by atoms with Crippen molar-refractivity contribution in [1.82, 2.24) is 0 Å². The molecule has 0 atom stereocenters. The molecule has 0 aromatic carbocycles. The number of carbonyl (C=O) groups is 1. The summed E-state index contributed by atoms with van der Waals surface area (Å²) in [5, 5.41) is 0. The quantitative estimate of drug-likeness (QED) is 0.174. The second kappa shape index (κ2) is 19.8. The van der Waals surface area contributed by atoms with Gasteiger partial charge in [0, 0.05) is 6.42 Å². The van der Waals surface area contributed by atoms with Crippen molar-refractivity contribution < 1.29 is 9.53 Å². The molecule has 0 spiro atoms. The van der Waals surface area contributed by atoms with E-state index in [0.717, 1.165) is 18.8 Å². The van der Waals surface area contributed by atoms with E-state index in [1.165, 1.54) is 89.9 Å². The Labute approximate surface area is 158 Å². The average Bonchev–Trinajstić information content (AvgIpc) is 2.58. The fourth-order valence-electron chi connectivity index (χ4n) is 3.20. The van der Waals surface area contributed by atoms with Crippen LogP contribution in [-0.2, 0) is 9.53 Å². The van der Waals surface area contributed by atoms with Crippen LogP contribution in [0.1, 0.15) is 130 Å². The summed E-state index contributed by atoms with van der Waals surface area (Å²) in [7, 11) is 0. The largest absolute Gasteiger partial charge is 0.466 e. The molecular formula is C23H46O2. The molecular weight excluding hydrogens is 308 g/mol. The Morgan fingerprint density at radius 1 is 0.680 bits per heavy atom. The van der Waals surface area contributed by atoms with E-state index in [2.05, 4.69) is 20.8 Å². The highest BCUT2D eigenvalue weighted by Gasteiger charge is 2.02. The molecule has 0 saturated carbocycles. The van der Waals surface area contributed by atoms with E-state index in [-0.39, 0.29) is 5.97 Å². The van der Waals surface area contributed by atoms with Crippen molar-refractivity contribution in [3.05, 3.63) is 0 Å². The highest BCUT2D eigenvalue weighted by atomic mass is 16.5. The third kappa shape index (κ3) is 21.4. The minimum absolute atomic E-state index is 0.0110. The van der Waals surface area contributed by atoms with Gasteiger partial charge in [-0.2, -0.15) is 0 Å². The third-order valence-corrected chi connectivity index (χ3v) is 4.92. The molecule has 0 N–H and O–H groups in total. The molecule has 0 aliphatic rings.